The van der Waals surface area contributed by atoms with Gasteiger partial charge in [-0.25, -0.2) is 9.97 Å². The van der Waals surface area contributed by atoms with Gasteiger partial charge in [0, 0.05) is 37.6 Å². The number of rotatable bonds is 4. The minimum Gasteiger partial charge on any atom is -0.311 e. The topological polar surface area (TPSA) is 41.0 Å². The summed E-state index contributed by atoms with van der Waals surface area (Å²) in [5, 5.41) is 3.58. The number of nitrogens with zero attached hydrogens (tertiary/aromatic N) is 3. The van der Waals surface area contributed by atoms with Gasteiger partial charge in [0.15, 0.2) is 0 Å². The fraction of sp³-hybridized carbons (Fsp3) is 0.714. The zero-order valence-corrected chi connectivity index (χ0v) is 11.6. The van der Waals surface area contributed by atoms with E-state index in [2.05, 4.69) is 41.0 Å². The monoisotopic (exact) mass is 248 g/mol. The van der Waals surface area contributed by atoms with E-state index in [1.54, 1.807) is 0 Å². The van der Waals surface area contributed by atoms with Crippen molar-refractivity contribution in [2.24, 2.45) is 5.92 Å². The van der Waals surface area contributed by atoms with E-state index in [0.29, 0.717) is 18.0 Å². The van der Waals surface area contributed by atoms with Crippen LogP contribution in [0.1, 0.15) is 33.0 Å². The Morgan fingerprint density at radius 2 is 2.17 bits per heavy atom. The van der Waals surface area contributed by atoms with E-state index in [-0.39, 0.29) is 0 Å². The van der Waals surface area contributed by atoms with Crippen LogP contribution in [0.3, 0.4) is 0 Å². The molecule has 2 heterocycles. The van der Waals surface area contributed by atoms with E-state index in [9.17, 15) is 0 Å². The zero-order valence-electron chi connectivity index (χ0n) is 11.6. The second-order valence-electron chi connectivity index (χ2n) is 5.36. The quantitative estimate of drug-likeness (QED) is 0.880. The van der Waals surface area contributed by atoms with Crippen LogP contribution >= 0.6 is 0 Å². The van der Waals surface area contributed by atoms with Crippen molar-refractivity contribution in [1.29, 1.82) is 0 Å². The Hall–Kier alpha value is -1.00. The van der Waals surface area contributed by atoms with Crippen LogP contribution in [0.4, 0.5) is 0 Å². The molecule has 1 aliphatic rings. The first-order valence-electron chi connectivity index (χ1n) is 6.94. The summed E-state index contributed by atoms with van der Waals surface area (Å²) in [5.74, 6) is 1.63. The highest BCUT2D eigenvalue weighted by Gasteiger charge is 2.29. The van der Waals surface area contributed by atoms with Crippen molar-refractivity contribution in [2.45, 2.75) is 45.8 Å². The molecule has 4 heteroatoms. The van der Waals surface area contributed by atoms with Gasteiger partial charge in [0.05, 0.1) is 6.54 Å². The van der Waals surface area contributed by atoms with E-state index in [4.69, 9.17) is 0 Å². The summed E-state index contributed by atoms with van der Waals surface area (Å²) >= 11 is 0. The zero-order chi connectivity index (χ0) is 13.0. The number of hydrogen-bond acceptors (Lipinski definition) is 4. The Balaban J connectivity index is 2.06. The van der Waals surface area contributed by atoms with E-state index in [0.717, 1.165) is 25.5 Å². The van der Waals surface area contributed by atoms with Crippen LogP contribution < -0.4 is 5.32 Å². The van der Waals surface area contributed by atoms with Crippen LogP contribution in [0.5, 0.6) is 0 Å². The van der Waals surface area contributed by atoms with Crippen LogP contribution in [0, 0.1) is 5.92 Å². The minimum absolute atomic E-state index is 0.550. The molecular formula is C14H24N4. The van der Waals surface area contributed by atoms with Crippen molar-refractivity contribution in [3.63, 3.8) is 0 Å². The van der Waals surface area contributed by atoms with Gasteiger partial charge in [0.2, 0.25) is 0 Å². The molecule has 4 nitrogen and oxygen atoms in total. The largest absolute Gasteiger partial charge is 0.311 e. The van der Waals surface area contributed by atoms with Crippen molar-refractivity contribution in [3.05, 3.63) is 24.3 Å². The van der Waals surface area contributed by atoms with Gasteiger partial charge < -0.3 is 5.32 Å². The lowest BCUT2D eigenvalue weighted by Crippen LogP contribution is -2.57. The number of piperazine rings is 1. The lowest BCUT2D eigenvalue weighted by Gasteiger charge is -2.41. The van der Waals surface area contributed by atoms with Crippen LogP contribution in [0.2, 0.25) is 0 Å². The average molecular weight is 248 g/mol. The molecule has 1 aliphatic heterocycles. The maximum Gasteiger partial charge on any atom is 0.142 e. The van der Waals surface area contributed by atoms with Crippen LogP contribution in [-0.4, -0.2) is 40.0 Å². The van der Waals surface area contributed by atoms with Gasteiger partial charge in [-0.05, 0) is 18.9 Å². The third-order valence-electron chi connectivity index (χ3n) is 3.92. The summed E-state index contributed by atoms with van der Waals surface area (Å²) in [5.41, 5.74) is 0. The highest BCUT2D eigenvalue weighted by Crippen LogP contribution is 2.19. The Bertz CT molecular complexity index is 354. The molecule has 0 spiro atoms. The lowest BCUT2D eigenvalue weighted by molar-refractivity contribution is 0.0859. The Morgan fingerprint density at radius 1 is 1.44 bits per heavy atom. The first kappa shape index (κ1) is 13.4. The molecule has 3 atom stereocenters. The van der Waals surface area contributed by atoms with Gasteiger partial charge in [-0.2, -0.15) is 0 Å². The van der Waals surface area contributed by atoms with E-state index in [1.165, 1.54) is 6.42 Å². The molecule has 0 saturated carbocycles. The summed E-state index contributed by atoms with van der Waals surface area (Å²) in [7, 11) is 0. The van der Waals surface area contributed by atoms with Crippen molar-refractivity contribution >= 4 is 0 Å². The number of aromatic nitrogens is 2. The molecule has 3 unspecified atom stereocenters. The molecule has 18 heavy (non-hydrogen) atoms. The molecule has 1 fully saturated rings. The van der Waals surface area contributed by atoms with E-state index >= 15 is 0 Å². The van der Waals surface area contributed by atoms with Gasteiger partial charge in [0.1, 0.15) is 5.82 Å². The second kappa shape index (κ2) is 6.25. The Morgan fingerprint density at radius 3 is 2.83 bits per heavy atom. The second-order valence-corrected chi connectivity index (χ2v) is 5.36. The summed E-state index contributed by atoms with van der Waals surface area (Å²) in [6, 6.07) is 3.01. The first-order valence-corrected chi connectivity index (χ1v) is 6.94. The van der Waals surface area contributed by atoms with Crippen LogP contribution in [-0.2, 0) is 6.54 Å². The minimum atomic E-state index is 0.550. The average Bonchev–Trinajstić information content (AvgIpc) is 2.39. The molecule has 1 aromatic rings. The SMILES string of the molecule is CCC(C)C1CNC(C)CN1Cc1ncccn1. The molecule has 0 aromatic carbocycles. The predicted molar refractivity (Wildman–Crippen MR) is 73.1 cm³/mol. The Kier molecular flexibility index (Phi) is 4.66. The fourth-order valence-corrected chi connectivity index (χ4v) is 2.61. The summed E-state index contributed by atoms with van der Waals surface area (Å²) < 4.78 is 0. The van der Waals surface area contributed by atoms with E-state index < -0.39 is 0 Å². The summed E-state index contributed by atoms with van der Waals surface area (Å²) in [4.78, 5) is 11.2. The van der Waals surface area contributed by atoms with E-state index in [1.807, 2.05) is 18.5 Å². The van der Waals surface area contributed by atoms with Crippen LogP contribution in [0.15, 0.2) is 18.5 Å². The summed E-state index contributed by atoms with van der Waals surface area (Å²) in [6.07, 6.45) is 4.87. The molecule has 1 aromatic heterocycles. The van der Waals surface area contributed by atoms with Gasteiger partial charge in [-0.1, -0.05) is 20.3 Å². The van der Waals surface area contributed by atoms with Gasteiger partial charge in [0.25, 0.3) is 0 Å². The third-order valence-corrected chi connectivity index (χ3v) is 3.92. The molecule has 0 amide bonds. The molecular weight excluding hydrogens is 224 g/mol. The van der Waals surface area contributed by atoms with Gasteiger partial charge >= 0.3 is 0 Å². The maximum atomic E-state index is 4.34. The predicted octanol–water partition coefficient (Wildman–Crippen LogP) is 1.68. The Labute approximate surface area is 110 Å². The molecule has 1 saturated heterocycles. The van der Waals surface area contributed by atoms with Crippen LogP contribution in [0.25, 0.3) is 0 Å². The molecule has 1 N–H and O–H groups in total. The fourth-order valence-electron chi connectivity index (χ4n) is 2.61. The van der Waals surface area contributed by atoms with Crippen molar-refractivity contribution in [1.82, 2.24) is 20.2 Å². The molecule has 2 rings (SSSR count). The smallest absolute Gasteiger partial charge is 0.142 e. The number of nitrogens with one attached hydrogen (secondary N) is 1. The van der Waals surface area contributed by atoms with Crippen molar-refractivity contribution in [2.75, 3.05) is 13.1 Å². The highest BCUT2D eigenvalue weighted by atomic mass is 15.2. The molecule has 0 bridgehead atoms. The van der Waals surface area contributed by atoms with Crippen molar-refractivity contribution in [3.8, 4) is 0 Å². The van der Waals surface area contributed by atoms with Gasteiger partial charge in [-0.15, -0.1) is 0 Å². The third kappa shape index (κ3) is 3.27. The standard InChI is InChI=1S/C14H24N4/c1-4-11(2)13-8-17-12(3)9-18(13)10-14-15-6-5-7-16-14/h5-7,11-13,17H,4,8-10H2,1-3H3. The highest BCUT2D eigenvalue weighted by molar-refractivity contribution is 4.93. The lowest BCUT2D eigenvalue weighted by atomic mass is 9.95. The van der Waals surface area contributed by atoms with Gasteiger partial charge in [-0.3, -0.25) is 4.90 Å². The molecule has 100 valence electrons. The number of hydrogen-bond donors (Lipinski definition) is 1. The summed E-state index contributed by atoms with van der Waals surface area (Å²) in [6.45, 7) is 9.85. The first-order chi connectivity index (χ1) is 8.70. The normalized spacial score (nSPS) is 27.1. The molecule has 0 radical (unpaired) electrons. The van der Waals surface area contributed by atoms with Crippen molar-refractivity contribution < 1.29 is 0 Å². The maximum absolute atomic E-state index is 4.34. The molecule has 0 aliphatic carbocycles.